The fraction of sp³-hybridized carbons (Fsp3) is 0.263. The summed E-state index contributed by atoms with van der Waals surface area (Å²) in [5, 5.41) is 3.87. The number of anilines is 1. The fourth-order valence-corrected chi connectivity index (χ4v) is 2.54. The van der Waals surface area contributed by atoms with Gasteiger partial charge in [-0.15, -0.1) is 0 Å². The molecular weight excluding hydrogens is 316 g/mol. The van der Waals surface area contributed by atoms with Crippen LogP contribution in [0.3, 0.4) is 0 Å². The van der Waals surface area contributed by atoms with Crippen LogP contribution < -0.4 is 15.8 Å². The highest BCUT2D eigenvalue weighted by atomic mass is 16.5. The third-order valence-electron chi connectivity index (χ3n) is 3.87. The molecule has 2 heterocycles. The third-order valence-corrected chi connectivity index (χ3v) is 3.87. The van der Waals surface area contributed by atoms with Gasteiger partial charge in [0.25, 0.3) is 0 Å². The Morgan fingerprint density at radius 2 is 2.04 bits per heavy atom. The summed E-state index contributed by atoms with van der Waals surface area (Å²) in [5.74, 6) is 2.26. The molecule has 0 unspecified atom stereocenters. The lowest BCUT2D eigenvalue weighted by molar-refractivity contribution is 0.242. The molecule has 0 saturated carbocycles. The van der Waals surface area contributed by atoms with Crippen LogP contribution >= 0.6 is 0 Å². The Kier molecular flexibility index (Phi) is 4.88. The van der Waals surface area contributed by atoms with Gasteiger partial charge in [-0.1, -0.05) is 13.8 Å². The molecule has 1 amide bonds. The van der Waals surface area contributed by atoms with E-state index in [-0.39, 0.29) is 6.03 Å². The van der Waals surface area contributed by atoms with Gasteiger partial charge in [-0.25, -0.2) is 9.78 Å². The van der Waals surface area contributed by atoms with Crippen molar-refractivity contribution in [1.29, 1.82) is 0 Å². The molecule has 0 radical (unpaired) electrons. The molecule has 0 bridgehead atoms. The normalized spacial score (nSPS) is 11.0. The number of hydrogen-bond donors (Lipinski definition) is 2. The number of nitrogen functional groups attached to an aromatic ring is 1. The van der Waals surface area contributed by atoms with E-state index in [0.717, 1.165) is 17.3 Å². The summed E-state index contributed by atoms with van der Waals surface area (Å²) in [6, 6.07) is 10.8. The molecule has 0 saturated heterocycles. The Balaban J connectivity index is 1.75. The first-order valence-electron chi connectivity index (χ1n) is 8.31. The lowest BCUT2D eigenvalue weighted by Crippen LogP contribution is -2.29. The second-order valence-corrected chi connectivity index (χ2v) is 6.34. The predicted octanol–water partition coefficient (Wildman–Crippen LogP) is 4.01. The summed E-state index contributed by atoms with van der Waals surface area (Å²) in [6.45, 7) is 4.94. The van der Waals surface area contributed by atoms with Crippen molar-refractivity contribution in [2.45, 2.75) is 20.3 Å². The van der Waals surface area contributed by atoms with Gasteiger partial charge in [0, 0.05) is 30.4 Å². The van der Waals surface area contributed by atoms with E-state index in [4.69, 9.17) is 10.5 Å². The minimum atomic E-state index is -0.119. The monoisotopic (exact) mass is 338 g/mol. The van der Waals surface area contributed by atoms with Crippen molar-refractivity contribution in [1.82, 2.24) is 14.9 Å². The first kappa shape index (κ1) is 16.8. The SMILES string of the molecule is CC(C)CCNC(=O)n1ccc2cc(Oc3ccnc(N)c3)ccc21. The van der Waals surface area contributed by atoms with Crippen LogP contribution in [0.1, 0.15) is 20.3 Å². The van der Waals surface area contributed by atoms with E-state index in [9.17, 15) is 4.79 Å². The first-order valence-corrected chi connectivity index (χ1v) is 8.31. The summed E-state index contributed by atoms with van der Waals surface area (Å²) < 4.78 is 7.41. The Hall–Kier alpha value is -3.02. The maximum atomic E-state index is 12.3. The van der Waals surface area contributed by atoms with Crippen LogP contribution in [0.25, 0.3) is 10.9 Å². The van der Waals surface area contributed by atoms with Crippen molar-refractivity contribution in [3.63, 3.8) is 0 Å². The van der Waals surface area contributed by atoms with E-state index < -0.39 is 0 Å². The van der Waals surface area contributed by atoms with Gasteiger partial charge in [-0.2, -0.15) is 0 Å². The number of nitrogens with zero attached hydrogens (tertiary/aromatic N) is 2. The molecule has 1 aromatic carbocycles. The fourth-order valence-electron chi connectivity index (χ4n) is 2.54. The van der Waals surface area contributed by atoms with E-state index in [0.29, 0.717) is 29.8 Å². The molecule has 3 N–H and O–H groups in total. The number of benzene rings is 1. The van der Waals surface area contributed by atoms with Gasteiger partial charge in [0.05, 0.1) is 5.52 Å². The van der Waals surface area contributed by atoms with Crippen LogP contribution in [-0.2, 0) is 0 Å². The summed E-state index contributed by atoms with van der Waals surface area (Å²) in [4.78, 5) is 16.3. The average Bonchev–Trinajstić information content (AvgIpc) is 2.97. The molecule has 3 aromatic rings. The zero-order chi connectivity index (χ0) is 17.8. The van der Waals surface area contributed by atoms with Crippen LogP contribution in [0.15, 0.2) is 48.8 Å². The number of carbonyl (C=O) groups excluding carboxylic acids is 1. The molecule has 0 aliphatic rings. The van der Waals surface area contributed by atoms with Gasteiger partial charge in [-0.3, -0.25) is 4.57 Å². The number of nitrogens with one attached hydrogen (secondary N) is 1. The van der Waals surface area contributed by atoms with Crippen LogP contribution in [0, 0.1) is 5.92 Å². The minimum absolute atomic E-state index is 0.119. The van der Waals surface area contributed by atoms with Gasteiger partial charge >= 0.3 is 6.03 Å². The molecule has 6 nitrogen and oxygen atoms in total. The number of pyridine rings is 1. The standard InChI is InChI=1S/C19H22N4O2/c1-13(2)5-8-22-19(24)23-10-7-14-11-15(3-4-17(14)23)25-16-6-9-21-18(20)12-16/h3-4,6-7,9-13H,5,8H2,1-2H3,(H2,20,21)(H,22,24). The summed E-state index contributed by atoms with van der Waals surface area (Å²) >= 11 is 0. The highest BCUT2D eigenvalue weighted by Crippen LogP contribution is 2.26. The third kappa shape index (κ3) is 4.09. The largest absolute Gasteiger partial charge is 0.457 e. The molecule has 0 fully saturated rings. The van der Waals surface area contributed by atoms with E-state index in [1.165, 1.54) is 0 Å². The number of fused-ring (bicyclic) bond motifs is 1. The zero-order valence-electron chi connectivity index (χ0n) is 14.4. The number of ether oxygens (including phenoxy) is 1. The molecule has 0 spiro atoms. The Labute approximate surface area is 146 Å². The number of rotatable bonds is 5. The lowest BCUT2D eigenvalue weighted by atomic mass is 10.1. The molecule has 3 rings (SSSR count). The number of hydrogen-bond acceptors (Lipinski definition) is 4. The van der Waals surface area contributed by atoms with Crippen molar-refractivity contribution in [2.24, 2.45) is 5.92 Å². The number of amides is 1. The minimum Gasteiger partial charge on any atom is -0.457 e. The first-order chi connectivity index (χ1) is 12.0. The van der Waals surface area contributed by atoms with Crippen molar-refractivity contribution >= 4 is 22.8 Å². The predicted molar refractivity (Wildman–Crippen MR) is 98.9 cm³/mol. The molecule has 6 heteroatoms. The molecule has 25 heavy (non-hydrogen) atoms. The second kappa shape index (κ2) is 7.25. The Bertz CT molecular complexity index is 886. The van der Waals surface area contributed by atoms with Crippen LogP contribution in [0.5, 0.6) is 11.5 Å². The van der Waals surface area contributed by atoms with E-state index in [2.05, 4.69) is 24.1 Å². The van der Waals surface area contributed by atoms with Crippen molar-refractivity contribution in [3.8, 4) is 11.5 Å². The Morgan fingerprint density at radius 3 is 2.80 bits per heavy atom. The molecule has 0 aliphatic heterocycles. The zero-order valence-corrected chi connectivity index (χ0v) is 14.4. The molecule has 2 aromatic heterocycles. The Morgan fingerprint density at radius 1 is 1.24 bits per heavy atom. The molecular formula is C19H22N4O2. The smallest absolute Gasteiger partial charge is 0.326 e. The number of nitrogens with two attached hydrogens (primary N) is 1. The topological polar surface area (TPSA) is 82.2 Å². The van der Waals surface area contributed by atoms with E-state index in [1.54, 1.807) is 29.1 Å². The maximum absolute atomic E-state index is 12.3. The van der Waals surface area contributed by atoms with E-state index in [1.807, 2.05) is 24.3 Å². The van der Waals surface area contributed by atoms with Crippen molar-refractivity contribution in [2.75, 3.05) is 12.3 Å². The van der Waals surface area contributed by atoms with Crippen molar-refractivity contribution < 1.29 is 9.53 Å². The summed E-state index contributed by atoms with van der Waals surface area (Å²) in [5.41, 5.74) is 6.50. The summed E-state index contributed by atoms with van der Waals surface area (Å²) in [7, 11) is 0. The highest BCUT2D eigenvalue weighted by molar-refractivity contribution is 5.92. The quantitative estimate of drug-likeness (QED) is 0.736. The lowest BCUT2D eigenvalue weighted by Gasteiger charge is -2.09. The average molecular weight is 338 g/mol. The second-order valence-electron chi connectivity index (χ2n) is 6.34. The van der Waals surface area contributed by atoms with E-state index >= 15 is 0 Å². The van der Waals surface area contributed by atoms with Gasteiger partial charge in [0.1, 0.15) is 17.3 Å². The van der Waals surface area contributed by atoms with Gasteiger partial charge < -0.3 is 15.8 Å². The van der Waals surface area contributed by atoms with Crippen molar-refractivity contribution in [3.05, 3.63) is 48.8 Å². The number of aromatic nitrogens is 2. The van der Waals surface area contributed by atoms with Gasteiger partial charge in [0.15, 0.2) is 0 Å². The number of carbonyl (C=O) groups is 1. The maximum Gasteiger partial charge on any atom is 0.326 e. The highest BCUT2D eigenvalue weighted by Gasteiger charge is 2.10. The van der Waals surface area contributed by atoms with Crippen LogP contribution in [0.2, 0.25) is 0 Å². The molecule has 130 valence electrons. The molecule has 0 aliphatic carbocycles. The van der Waals surface area contributed by atoms with Gasteiger partial charge in [-0.05, 0) is 42.7 Å². The molecule has 0 atom stereocenters. The summed E-state index contributed by atoms with van der Waals surface area (Å²) in [6.07, 6.45) is 4.32. The van der Waals surface area contributed by atoms with Crippen LogP contribution in [0.4, 0.5) is 10.6 Å². The van der Waals surface area contributed by atoms with Crippen LogP contribution in [-0.4, -0.2) is 22.1 Å². The van der Waals surface area contributed by atoms with Gasteiger partial charge in [0.2, 0.25) is 0 Å².